The molecule has 0 saturated carbocycles. The molecule has 0 unspecified atom stereocenters. The molecule has 0 bridgehead atoms. The number of ether oxygens (including phenoxy) is 1. The third-order valence-corrected chi connectivity index (χ3v) is 4.16. The number of nitrogens with zero attached hydrogens (tertiary/aromatic N) is 1. The number of Topliss-reactive ketones (excluding diaryl/α,β-unsaturated/α-hetero) is 1. The van der Waals surface area contributed by atoms with E-state index in [0.717, 1.165) is 21.4 Å². The third kappa shape index (κ3) is 3.05. The van der Waals surface area contributed by atoms with Crippen LogP contribution < -0.4 is 4.74 Å². The first-order chi connectivity index (χ1) is 9.38. The van der Waals surface area contributed by atoms with E-state index in [4.69, 9.17) is 4.74 Å². The van der Waals surface area contributed by atoms with Crippen LogP contribution in [0.25, 0.3) is 0 Å². The molecule has 0 aliphatic carbocycles. The van der Waals surface area contributed by atoms with Crippen LogP contribution in [0.4, 0.5) is 5.69 Å². The second kappa shape index (κ2) is 5.72. The van der Waals surface area contributed by atoms with Crippen molar-refractivity contribution < 1.29 is 14.5 Å². The van der Waals surface area contributed by atoms with Crippen LogP contribution >= 0.6 is 27.3 Å². The van der Waals surface area contributed by atoms with Crippen molar-refractivity contribution in [3.8, 4) is 10.8 Å². The van der Waals surface area contributed by atoms with E-state index in [1.54, 1.807) is 12.1 Å². The van der Waals surface area contributed by atoms with Crippen molar-refractivity contribution in [3.05, 3.63) is 49.3 Å². The third-order valence-electron chi connectivity index (χ3n) is 2.56. The highest BCUT2D eigenvalue weighted by atomic mass is 79.9. The highest BCUT2D eigenvalue weighted by Crippen LogP contribution is 2.41. The van der Waals surface area contributed by atoms with Gasteiger partial charge in [-0.2, -0.15) is 0 Å². The van der Waals surface area contributed by atoms with Crippen LogP contribution in [0.5, 0.6) is 10.8 Å². The van der Waals surface area contributed by atoms with Gasteiger partial charge >= 0.3 is 5.69 Å². The molecule has 1 heterocycles. The monoisotopic (exact) mass is 355 g/mol. The molecule has 1 aromatic heterocycles. The Morgan fingerprint density at radius 3 is 2.65 bits per heavy atom. The van der Waals surface area contributed by atoms with Crippen LogP contribution in [0.3, 0.4) is 0 Å². The molecule has 1 aromatic carbocycles. The van der Waals surface area contributed by atoms with Crippen molar-refractivity contribution in [2.24, 2.45) is 0 Å². The molecule has 2 rings (SSSR count). The van der Waals surface area contributed by atoms with Crippen molar-refractivity contribution in [3.63, 3.8) is 0 Å². The Balaban J connectivity index is 2.42. The standard InChI is InChI=1S/C13H10BrNO4S/c1-7-5-9(14)3-4-11(7)19-13-10(15(17)18)6-12(20-13)8(2)16/h3-6H,1-2H3. The maximum Gasteiger partial charge on any atom is 0.323 e. The fourth-order valence-electron chi connectivity index (χ4n) is 1.57. The van der Waals surface area contributed by atoms with Crippen LogP contribution in [0.1, 0.15) is 22.2 Å². The second-order valence-corrected chi connectivity index (χ2v) is 6.04. The van der Waals surface area contributed by atoms with Gasteiger partial charge in [0.15, 0.2) is 5.78 Å². The molecular formula is C13H10BrNO4S. The first-order valence-corrected chi connectivity index (χ1v) is 7.22. The topological polar surface area (TPSA) is 69.4 Å². The van der Waals surface area contributed by atoms with E-state index in [-0.39, 0.29) is 16.5 Å². The summed E-state index contributed by atoms with van der Waals surface area (Å²) in [6.07, 6.45) is 0. The molecule has 2 aromatic rings. The van der Waals surface area contributed by atoms with Gasteiger partial charge in [0, 0.05) is 10.5 Å². The van der Waals surface area contributed by atoms with Gasteiger partial charge in [0.05, 0.1) is 9.80 Å². The molecular weight excluding hydrogens is 346 g/mol. The number of halogens is 1. The summed E-state index contributed by atoms with van der Waals surface area (Å²) in [5.41, 5.74) is 0.647. The molecule has 0 aliphatic rings. The molecule has 7 heteroatoms. The summed E-state index contributed by atoms with van der Waals surface area (Å²) in [5, 5.41) is 11.1. The Bertz CT molecular complexity index is 696. The number of nitro groups is 1. The van der Waals surface area contributed by atoms with Crippen molar-refractivity contribution in [1.29, 1.82) is 0 Å². The van der Waals surface area contributed by atoms with E-state index in [1.807, 2.05) is 13.0 Å². The Kier molecular flexibility index (Phi) is 4.20. The molecule has 0 fully saturated rings. The van der Waals surface area contributed by atoms with E-state index in [2.05, 4.69) is 15.9 Å². The Hall–Kier alpha value is -1.73. The number of aryl methyl sites for hydroxylation is 1. The number of ketones is 1. The van der Waals surface area contributed by atoms with Gasteiger partial charge in [-0.05, 0) is 37.6 Å². The average Bonchev–Trinajstić information content (AvgIpc) is 2.77. The summed E-state index contributed by atoms with van der Waals surface area (Å²) in [6.45, 7) is 3.20. The minimum Gasteiger partial charge on any atom is -0.440 e. The first-order valence-electron chi connectivity index (χ1n) is 5.61. The Morgan fingerprint density at radius 1 is 1.40 bits per heavy atom. The van der Waals surface area contributed by atoms with E-state index in [1.165, 1.54) is 13.0 Å². The lowest BCUT2D eigenvalue weighted by molar-refractivity contribution is -0.385. The van der Waals surface area contributed by atoms with Gasteiger partial charge in [0.25, 0.3) is 5.06 Å². The summed E-state index contributed by atoms with van der Waals surface area (Å²) >= 11 is 4.32. The van der Waals surface area contributed by atoms with Crippen LogP contribution in [-0.2, 0) is 0 Å². The summed E-state index contributed by atoms with van der Waals surface area (Å²) in [5.74, 6) is 0.300. The van der Waals surface area contributed by atoms with Crippen LogP contribution in [0.15, 0.2) is 28.7 Å². The highest BCUT2D eigenvalue weighted by molar-refractivity contribution is 9.10. The molecule has 0 amide bonds. The van der Waals surface area contributed by atoms with E-state index in [0.29, 0.717) is 10.6 Å². The lowest BCUT2D eigenvalue weighted by Gasteiger charge is -2.06. The molecule has 0 saturated heterocycles. The van der Waals surface area contributed by atoms with E-state index < -0.39 is 4.92 Å². The van der Waals surface area contributed by atoms with Crippen LogP contribution in [-0.4, -0.2) is 10.7 Å². The number of hydrogen-bond acceptors (Lipinski definition) is 5. The van der Waals surface area contributed by atoms with E-state index >= 15 is 0 Å². The smallest absolute Gasteiger partial charge is 0.323 e. The number of carbonyl (C=O) groups excluding carboxylic acids is 1. The van der Waals surface area contributed by atoms with Crippen LogP contribution in [0.2, 0.25) is 0 Å². The zero-order valence-electron chi connectivity index (χ0n) is 10.7. The number of hydrogen-bond donors (Lipinski definition) is 0. The van der Waals surface area contributed by atoms with Gasteiger partial charge < -0.3 is 4.74 Å². The van der Waals surface area contributed by atoms with Crippen molar-refractivity contribution in [1.82, 2.24) is 0 Å². The molecule has 104 valence electrons. The quantitative estimate of drug-likeness (QED) is 0.451. The minimum atomic E-state index is -0.549. The Morgan fingerprint density at radius 2 is 2.10 bits per heavy atom. The fraction of sp³-hybridized carbons (Fsp3) is 0.154. The predicted molar refractivity (Wildman–Crippen MR) is 79.9 cm³/mol. The normalized spacial score (nSPS) is 10.3. The largest absolute Gasteiger partial charge is 0.440 e. The molecule has 0 radical (unpaired) electrons. The zero-order valence-corrected chi connectivity index (χ0v) is 13.1. The van der Waals surface area contributed by atoms with Gasteiger partial charge in [-0.1, -0.05) is 27.3 Å². The summed E-state index contributed by atoms with van der Waals surface area (Å²) in [6, 6.07) is 6.60. The van der Waals surface area contributed by atoms with Crippen molar-refractivity contribution in [2.45, 2.75) is 13.8 Å². The zero-order chi connectivity index (χ0) is 14.9. The average molecular weight is 356 g/mol. The summed E-state index contributed by atoms with van der Waals surface area (Å²) in [4.78, 5) is 22.1. The highest BCUT2D eigenvalue weighted by Gasteiger charge is 2.23. The van der Waals surface area contributed by atoms with Crippen molar-refractivity contribution in [2.75, 3.05) is 0 Å². The molecule has 0 aliphatic heterocycles. The first kappa shape index (κ1) is 14.7. The fourth-order valence-corrected chi connectivity index (χ4v) is 2.92. The molecule has 5 nitrogen and oxygen atoms in total. The predicted octanol–water partition coefficient (Wildman–Crippen LogP) is 4.72. The second-order valence-electron chi connectivity index (χ2n) is 4.11. The number of rotatable bonds is 4. The van der Waals surface area contributed by atoms with Gasteiger partial charge in [-0.15, -0.1) is 0 Å². The summed E-state index contributed by atoms with van der Waals surface area (Å²) in [7, 11) is 0. The number of carbonyl (C=O) groups is 1. The SMILES string of the molecule is CC(=O)c1cc([N+](=O)[O-])c(Oc2ccc(Br)cc2C)s1. The number of thiophene rings is 1. The van der Waals surface area contributed by atoms with Gasteiger partial charge in [0.2, 0.25) is 0 Å². The maximum atomic E-state index is 11.3. The Labute approximate surface area is 127 Å². The number of benzene rings is 1. The van der Waals surface area contributed by atoms with Crippen LogP contribution in [0, 0.1) is 17.0 Å². The van der Waals surface area contributed by atoms with Gasteiger partial charge in [0.1, 0.15) is 5.75 Å². The lowest BCUT2D eigenvalue weighted by atomic mass is 10.2. The minimum absolute atomic E-state index is 0.116. The lowest BCUT2D eigenvalue weighted by Crippen LogP contribution is -1.91. The van der Waals surface area contributed by atoms with E-state index in [9.17, 15) is 14.9 Å². The maximum absolute atomic E-state index is 11.3. The summed E-state index contributed by atoms with van der Waals surface area (Å²) < 4.78 is 6.49. The molecule has 0 N–H and O–H groups in total. The van der Waals surface area contributed by atoms with Crippen molar-refractivity contribution >= 4 is 38.7 Å². The molecule has 20 heavy (non-hydrogen) atoms. The molecule has 0 spiro atoms. The van der Waals surface area contributed by atoms with Gasteiger partial charge in [-0.25, -0.2) is 0 Å². The molecule has 0 atom stereocenters. The van der Waals surface area contributed by atoms with Gasteiger partial charge in [-0.3, -0.25) is 14.9 Å².